The molecule has 1 aromatic carbocycles. The van der Waals surface area contributed by atoms with Crippen molar-refractivity contribution in [2.75, 3.05) is 6.61 Å². The third kappa shape index (κ3) is 4.97. The van der Waals surface area contributed by atoms with Gasteiger partial charge in [0, 0.05) is 11.1 Å². The van der Waals surface area contributed by atoms with E-state index in [1.54, 1.807) is 0 Å². The lowest BCUT2D eigenvalue weighted by Gasteiger charge is -2.14. The van der Waals surface area contributed by atoms with Gasteiger partial charge >= 0.3 is 0 Å². The van der Waals surface area contributed by atoms with Crippen molar-refractivity contribution in [1.29, 1.82) is 0 Å². The number of nitrogens with two attached hydrogens (primary N) is 1. The van der Waals surface area contributed by atoms with Crippen LogP contribution in [0.2, 0.25) is 5.02 Å². The highest BCUT2D eigenvalue weighted by Crippen LogP contribution is 2.24. The van der Waals surface area contributed by atoms with Crippen LogP contribution in [0.4, 0.5) is 0 Å². The number of ether oxygens (including phenoxy) is 1. The second-order valence-electron chi connectivity index (χ2n) is 4.33. The van der Waals surface area contributed by atoms with E-state index in [0.717, 1.165) is 48.6 Å². The fourth-order valence-corrected chi connectivity index (χ4v) is 1.80. The number of rotatable bonds is 7. The van der Waals surface area contributed by atoms with Gasteiger partial charge in [-0.1, -0.05) is 31.9 Å². The second kappa shape index (κ2) is 7.57. The van der Waals surface area contributed by atoms with Crippen LogP contribution in [-0.2, 0) is 6.42 Å². The van der Waals surface area contributed by atoms with Crippen LogP contribution in [0, 0.1) is 0 Å². The Morgan fingerprint density at radius 2 is 2.12 bits per heavy atom. The van der Waals surface area contributed by atoms with Gasteiger partial charge in [-0.2, -0.15) is 0 Å². The van der Waals surface area contributed by atoms with Gasteiger partial charge in [0.1, 0.15) is 5.75 Å². The first-order chi connectivity index (χ1) is 8.17. The fraction of sp³-hybridized carbons (Fsp3) is 0.571. The van der Waals surface area contributed by atoms with Gasteiger partial charge in [-0.05, 0) is 43.0 Å². The van der Waals surface area contributed by atoms with E-state index in [1.165, 1.54) is 0 Å². The molecule has 1 unspecified atom stereocenters. The molecule has 0 heterocycles. The molecule has 17 heavy (non-hydrogen) atoms. The third-order valence-electron chi connectivity index (χ3n) is 2.78. The Morgan fingerprint density at radius 3 is 2.76 bits per heavy atom. The number of hydrogen-bond donors (Lipinski definition) is 1. The molecule has 0 radical (unpaired) electrons. The van der Waals surface area contributed by atoms with E-state index >= 15 is 0 Å². The summed E-state index contributed by atoms with van der Waals surface area (Å²) in [7, 11) is 0. The largest absolute Gasteiger partial charge is 0.493 e. The maximum atomic E-state index is 6.01. The summed E-state index contributed by atoms with van der Waals surface area (Å²) in [6, 6.07) is 5.93. The highest BCUT2D eigenvalue weighted by atomic mass is 35.5. The van der Waals surface area contributed by atoms with Crippen LogP contribution in [0.15, 0.2) is 18.2 Å². The first-order valence-corrected chi connectivity index (χ1v) is 6.72. The number of unbranched alkanes of at least 4 members (excludes halogenated alkanes) is 1. The molecule has 0 amide bonds. The molecule has 0 aliphatic carbocycles. The molecule has 0 bridgehead atoms. The average Bonchev–Trinajstić information content (AvgIpc) is 2.32. The van der Waals surface area contributed by atoms with E-state index in [0.29, 0.717) is 0 Å². The Bertz CT molecular complexity index is 341. The van der Waals surface area contributed by atoms with Crippen LogP contribution in [-0.4, -0.2) is 12.6 Å². The maximum Gasteiger partial charge on any atom is 0.122 e. The Kier molecular flexibility index (Phi) is 6.38. The Morgan fingerprint density at radius 1 is 1.35 bits per heavy atom. The zero-order valence-corrected chi connectivity index (χ0v) is 11.5. The normalized spacial score (nSPS) is 12.5. The van der Waals surface area contributed by atoms with E-state index in [-0.39, 0.29) is 6.04 Å². The van der Waals surface area contributed by atoms with E-state index in [9.17, 15) is 0 Å². The molecule has 1 rings (SSSR count). The monoisotopic (exact) mass is 255 g/mol. The van der Waals surface area contributed by atoms with E-state index < -0.39 is 0 Å². The second-order valence-corrected chi connectivity index (χ2v) is 4.76. The van der Waals surface area contributed by atoms with Gasteiger partial charge in [-0.15, -0.1) is 0 Å². The lowest BCUT2D eigenvalue weighted by molar-refractivity contribution is 0.305. The van der Waals surface area contributed by atoms with Crippen molar-refractivity contribution in [2.24, 2.45) is 5.73 Å². The van der Waals surface area contributed by atoms with Gasteiger partial charge in [0.05, 0.1) is 6.61 Å². The molecule has 1 aromatic rings. The fourth-order valence-electron chi connectivity index (χ4n) is 1.60. The van der Waals surface area contributed by atoms with Gasteiger partial charge in [0.2, 0.25) is 0 Å². The first-order valence-electron chi connectivity index (χ1n) is 6.34. The van der Waals surface area contributed by atoms with Gasteiger partial charge in [0.15, 0.2) is 0 Å². The standard InChI is InChI=1S/C14H22ClNO/c1-3-5-8-17-14-7-6-12(15)9-11(14)10-13(16)4-2/h6-7,9,13H,3-5,8,10,16H2,1-2H3. The minimum atomic E-state index is 0.169. The van der Waals surface area contributed by atoms with E-state index in [4.69, 9.17) is 22.1 Å². The lowest BCUT2D eigenvalue weighted by atomic mass is 10.0. The first kappa shape index (κ1) is 14.3. The van der Waals surface area contributed by atoms with Crippen molar-refractivity contribution in [3.05, 3.63) is 28.8 Å². The van der Waals surface area contributed by atoms with Crippen molar-refractivity contribution in [3.8, 4) is 5.75 Å². The third-order valence-corrected chi connectivity index (χ3v) is 3.02. The van der Waals surface area contributed by atoms with Gasteiger partial charge < -0.3 is 10.5 Å². The molecule has 2 nitrogen and oxygen atoms in total. The molecule has 0 saturated carbocycles. The molecule has 3 heteroatoms. The summed E-state index contributed by atoms with van der Waals surface area (Å²) in [4.78, 5) is 0. The molecule has 2 N–H and O–H groups in total. The predicted octanol–water partition coefficient (Wildman–Crippen LogP) is 3.80. The predicted molar refractivity (Wildman–Crippen MR) is 73.8 cm³/mol. The Labute approximate surface area is 109 Å². The molecule has 0 aliphatic rings. The SMILES string of the molecule is CCCCOc1ccc(Cl)cc1CC(N)CC. The van der Waals surface area contributed by atoms with Gasteiger partial charge in [-0.3, -0.25) is 0 Å². The zero-order chi connectivity index (χ0) is 12.7. The molecular formula is C14H22ClNO. The minimum Gasteiger partial charge on any atom is -0.493 e. The highest BCUT2D eigenvalue weighted by Gasteiger charge is 2.08. The lowest BCUT2D eigenvalue weighted by Crippen LogP contribution is -2.21. The summed E-state index contributed by atoms with van der Waals surface area (Å²) in [5.41, 5.74) is 7.09. The average molecular weight is 256 g/mol. The summed E-state index contributed by atoms with van der Waals surface area (Å²) < 4.78 is 5.76. The number of halogens is 1. The summed E-state index contributed by atoms with van der Waals surface area (Å²) in [6.07, 6.45) is 3.98. The molecule has 0 aromatic heterocycles. The molecule has 0 spiro atoms. The van der Waals surface area contributed by atoms with Gasteiger partial charge in [-0.25, -0.2) is 0 Å². The van der Waals surface area contributed by atoms with Crippen LogP contribution in [0.3, 0.4) is 0 Å². The topological polar surface area (TPSA) is 35.2 Å². The molecule has 1 atom stereocenters. The van der Waals surface area contributed by atoms with Crippen LogP contribution < -0.4 is 10.5 Å². The van der Waals surface area contributed by atoms with Crippen molar-refractivity contribution in [3.63, 3.8) is 0 Å². The number of benzene rings is 1. The molecule has 0 aliphatic heterocycles. The van der Waals surface area contributed by atoms with Crippen molar-refractivity contribution < 1.29 is 4.74 Å². The van der Waals surface area contributed by atoms with Crippen LogP contribution in [0.25, 0.3) is 0 Å². The summed E-state index contributed by atoms with van der Waals surface area (Å²) >= 11 is 6.01. The van der Waals surface area contributed by atoms with E-state index in [2.05, 4.69) is 13.8 Å². The van der Waals surface area contributed by atoms with Crippen molar-refractivity contribution >= 4 is 11.6 Å². The van der Waals surface area contributed by atoms with Crippen molar-refractivity contribution in [2.45, 2.75) is 45.6 Å². The van der Waals surface area contributed by atoms with E-state index in [1.807, 2.05) is 18.2 Å². The Balaban J connectivity index is 2.72. The quantitative estimate of drug-likeness (QED) is 0.753. The smallest absolute Gasteiger partial charge is 0.122 e. The minimum absolute atomic E-state index is 0.169. The summed E-state index contributed by atoms with van der Waals surface area (Å²) in [6.45, 7) is 5.00. The molecule has 0 saturated heterocycles. The molecule has 0 fully saturated rings. The number of hydrogen-bond acceptors (Lipinski definition) is 2. The summed E-state index contributed by atoms with van der Waals surface area (Å²) in [5.74, 6) is 0.923. The maximum absolute atomic E-state index is 6.01. The van der Waals surface area contributed by atoms with Crippen LogP contribution >= 0.6 is 11.6 Å². The zero-order valence-electron chi connectivity index (χ0n) is 10.7. The summed E-state index contributed by atoms with van der Waals surface area (Å²) in [5, 5.41) is 0.742. The highest BCUT2D eigenvalue weighted by molar-refractivity contribution is 6.30. The van der Waals surface area contributed by atoms with Crippen LogP contribution in [0.5, 0.6) is 5.75 Å². The van der Waals surface area contributed by atoms with Gasteiger partial charge in [0.25, 0.3) is 0 Å². The molecule has 96 valence electrons. The molecular weight excluding hydrogens is 234 g/mol. The van der Waals surface area contributed by atoms with Crippen molar-refractivity contribution in [1.82, 2.24) is 0 Å². The van der Waals surface area contributed by atoms with Crippen LogP contribution in [0.1, 0.15) is 38.7 Å². The Hall–Kier alpha value is -0.730.